The summed E-state index contributed by atoms with van der Waals surface area (Å²) in [5, 5.41) is 5.44. The number of benzene rings is 1. The molecular formula is C18H19Cl2N3O. The number of aryl methyl sites for hydroxylation is 1. The molecule has 3 heterocycles. The molecule has 24 heavy (non-hydrogen) atoms. The third-order valence-electron chi connectivity index (χ3n) is 5.21. The third-order valence-corrected chi connectivity index (χ3v) is 5.76. The molecule has 0 aliphatic carbocycles. The molecule has 2 aliphatic heterocycles. The first kappa shape index (κ1) is 16.0. The number of piperidine rings is 1. The average Bonchev–Trinajstić information content (AvgIpc) is 3.08. The molecule has 4 rings (SSSR count). The van der Waals surface area contributed by atoms with Crippen LogP contribution in [0.5, 0.6) is 0 Å². The maximum Gasteiger partial charge on any atom is 0.255 e. The van der Waals surface area contributed by atoms with E-state index in [1.54, 1.807) is 18.2 Å². The van der Waals surface area contributed by atoms with Gasteiger partial charge in [0.25, 0.3) is 5.91 Å². The van der Waals surface area contributed by atoms with Gasteiger partial charge in [0.05, 0.1) is 22.8 Å². The molecule has 0 N–H and O–H groups in total. The van der Waals surface area contributed by atoms with Crippen LogP contribution in [-0.2, 0) is 0 Å². The van der Waals surface area contributed by atoms with Crippen molar-refractivity contribution in [3.63, 3.8) is 0 Å². The molecule has 2 aliphatic rings. The Balaban J connectivity index is 1.57. The van der Waals surface area contributed by atoms with Crippen LogP contribution in [-0.4, -0.2) is 32.7 Å². The van der Waals surface area contributed by atoms with Gasteiger partial charge >= 0.3 is 0 Å². The van der Waals surface area contributed by atoms with E-state index in [1.807, 2.05) is 11.1 Å². The molecule has 0 radical (unpaired) electrons. The number of hydrogen-bond donors (Lipinski definition) is 0. The van der Waals surface area contributed by atoms with Gasteiger partial charge in [0.15, 0.2) is 0 Å². The quantitative estimate of drug-likeness (QED) is 0.787. The Kier molecular flexibility index (Phi) is 4.05. The van der Waals surface area contributed by atoms with E-state index in [1.165, 1.54) is 5.56 Å². The molecule has 0 spiro atoms. The van der Waals surface area contributed by atoms with Crippen molar-refractivity contribution in [2.45, 2.75) is 50.7 Å². The summed E-state index contributed by atoms with van der Waals surface area (Å²) in [6.45, 7) is 2.05. The monoisotopic (exact) mass is 363 g/mol. The fraction of sp³-hybridized carbons (Fsp3) is 0.444. The van der Waals surface area contributed by atoms with E-state index in [-0.39, 0.29) is 18.0 Å². The van der Waals surface area contributed by atoms with Gasteiger partial charge in [0.1, 0.15) is 0 Å². The summed E-state index contributed by atoms with van der Waals surface area (Å²) in [6.07, 6.45) is 8.00. The lowest BCUT2D eigenvalue weighted by Gasteiger charge is -2.39. The standard InChI is InChI=1S/C18H19Cl2N3O/c1-11-9-21-22(10-11)15-7-13-3-4-14(8-15)23(13)18(24)16-5-2-12(19)6-17(16)20/h2,5-6,9-10,13-15H,3-4,7-8H2,1H3. The van der Waals surface area contributed by atoms with E-state index in [4.69, 9.17) is 23.2 Å². The number of rotatable bonds is 2. The minimum Gasteiger partial charge on any atom is -0.332 e. The lowest BCUT2D eigenvalue weighted by molar-refractivity contribution is 0.0524. The van der Waals surface area contributed by atoms with Gasteiger partial charge in [-0.3, -0.25) is 9.48 Å². The van der Waals surface area contributed by atoms with Crippen LogP contribution in [0, 0.1) is 6.92 Å². The molecule has 2 unspecified atom stereocenters. The molecule has 2 fully saturated rings. The van der Waals surface area contributed by atoms with Gasteiger partial charge in [-0.15, -0.1) is 0 Å². The van der Waals surface area contributed by atoms with Crippen molar-refractivity contribution in [1.82, 2.24) is 14.7 Å². The van der Waals surface area contributed by atoms with E-state index < -0.39 is 0 Å². The summed E-state index contributed by atoms with van der Waals surface area (Å²) in [4.78, 5) is 15.1. The number of carbonyl (C=O) groups is 1. The molecule has 2 atom stereocenters. The largest absolute Gasteiger partial charge is 0.332 e. The van der Waals surface area contributed by atoms with E-state index in [0.717, 1.165) is 25.7 Å². The van der Waals surface area contributed by atoms with Gasteiger partial charge in [-0.2, -0.15) is 5.10 Å². The number of hydrogen-bond acceptors (Lipinski definition) is 2. The molecule has 2 bridgehead atoms. The van der Waals surface area contributed by atoms with Gasteiger partial charge in [0.2, 0.25) is 0 Å². The minimum absolute atomic E-state index is 0.0271. The van der Waals surface area contributed by atoms with E-state index >= 15 is 0 Å². The highest BCUT2D eigenvalue weighted by Gasteiger charge is 2.44. The second kappa shape index (κ2) is 6.08. The molecule has 6 heteroatoms. The predicted molar refractivity (Wildman–Crippen MR) is 94.7 cm³/mol. The highest BCUT2D eigenvalue weighted by atomic mass is 35.5. The van der Waals surface area contributed by atoms with Crippen molar-refractivity contribution in [1.29, 1.82) is 0 Å². The maximum atomic E-state index is 13.0. The Morgan fingerprint density at radius 3 is 2.46 bits per heavy atom. The zero-order valence-electron chi connectivity index (χ0n) is 13.5. The Labute approximate surface area is 151 Å². The molecule has 1 aromatic heterocycles. The number of fused-ring (bicyclic) bond motifs is 2. The topological polar surface area (TPSA) is 38.1 Å². The normalized spacial score (nSPS) is 26.0. The van der Waals surface area contributed by atoms with Crippen LogP contribution in [0.1, 0.15) is 47.6 Å². The Morgan fingerprint density at radius 2 is 1.88 bits per heavy atom. The predicted octanol–water partition coefficient (Wildman–Crippen LogP) is 4.51. The van der Waals surface area contributed by atoms with Crippen LogP contribution in [0.3, 0.4) is 0 Å². The maximum absolute atomic E-state index is 13.0. The highest BCUT2D eigenvalue weighted by Crippen LogP contribution is 2.42. The van der Waals surface area contributed by atoms with Gasteiger partial charge in [-0.05, 0) is 56.4 Å². The Hall–Kier alpha value is -1.52. The number of nitrogens with zero attached hydrogens (tertiary/aromatic N) is 3. The fourth-order valence-electron chi connectivity index (χ4n) is 4.13. The van der Waals surface area contributed by atoms with Gasteiger partial charge in [0, 0.05) is 23.3 Å². The first-order valence-electron chi connectivity index (χ1n) is 8.31. The molecule has 1 amide bonds. The zero-order valence-corrected chi connectivity index (χ0v) is 15.0. The van der Waals surface area contributed by atoms with Crippen LogP contribution in [0.2, 0.25) is 10.0 Å². The van der Waals surface area contributed by atoms with Gasteiger partial charge in [-0.1, -0.05) is 23.2 Å². The van der Waals surface area contributed by atoms with Crippen LogP contribution >= 0.6 is 23.2 Å². The number of amides is 1. The van der Waals surface area contributed by atoms with Crippen molar-refractivity contribution in [2.24, 2.45) is 0 Å². The van der Waals surface area contributed by atoms with Crippen LogP contribution in [0.15, 0.2) is 30.6 Å². The van der Waals surface area contributed by atoms with E-state index in [2.05, 4.69) is 22.9 Å². The van der Waals surface area contributed by atoms with Gasteiger partial charge in [-0.25, -0.2) is 0 Å². The summed E-state index contributed by atoms with van der Waals surface area (Å²) in [5.41, 5.74) is 1.72. The summed E-state index contributed by atoms with van der Waals surface area (Å²) >= 11 is 12.2. The van der Waals surface area contributed by atoms with Crippen LogP contribution in [0.4, 0.5) is 0 Å². The van der Waals surface area contributed by atoms with Crippen LogP contribution < -0.4 is 0 Å². The third kappa shape index (κ3) is 2.72. The second-order valence-corrected chi connectivity index (χ2v) is 7.69. The molecule has 2 aromatic rings. The lowest BCUT2D eigenvalue weighted by atomic mass is 9.96. The average molecular weight is 364 g/mol. The molecule has 4 nitrogen and oxygen atoms in total. The fourth-order valence-corrected chi connectivity index (χ4v) is 4.62. The number of halogens is 2. The lowest BCUT2D eigenvalue weighted by Crippen LogP contribution is -2.47. The molecule has 1 aromatic carbocycles. The number of carbonyl (C=O) groups excluding carboxylic acids is 1. The summed E-state index contributed by atoms with van der Waals surface area (Å²) in [7, 11) is 0. The summed E-state index contributed by atoms with van der Waals surface area (Å²) in [6, 6.07) is 5.99. The van der Waals surface area contributed by atoms with E-state index in [0.29, 0.717) is 21.7 Å². The smallest absolute Gasteiger partial charge is 0.255 e. The highest BCUT2D eigenvalue weighted by molar-refractivity contribution is 6.36. The number of aromatic nitrogens is 2. The summed E-state index contributed by atoms with van der Waals surface area (Å²) in [5.74, 6) is 0.0271. The van der Waals surface area contributed by atoms with E-state index in [9.17, 15) is 4.79 Å². The van der Waals surface area contributed by atoms with Crippen molar-refractivity contribution in [3.8, 4) is 0 Å². The minimum atomic E-state index is 0.0271. The zero-order chi connectivity index (χ0) is 16.8. The van der Waals surface area contributed by atoms with Crippen LogP contribution in [0.25, 0.3) is 0 Å². The molecule has 2 saturated heterocycles. The van der Waals surface area contributed by atoms with Crippen molar-refractivity contribution < 1.29 is 4.79 Å². The Morgan fingerprint density at radius 1 is 1.17 bits per heavy atom. The van der Waals surface area contributed by atoms with Crippen molar-refractivity contribution in [2.75, 3.05) is 0 Å². The SMILES string of the molecule is Cc1cnn(C2CC3CCC(C2)N3C(=O)c2ccc(Cl)cc2Cl)c1. The molecular weight excluding hydrogens is 345 g/mol. The first-order chi connectivity index (χ1) is 11.5. The van der Waals surface area contributed by atoms with Crippen molar-refractivity contribution in [3.05, 3.63) is 51.8 Å². The van der Waals surface area contributed by atoms with Gasteiger partial charge < -0.3 is 4.90 Å². The molecule has 0 saturated carbocycles. The molecule has 126 valence electrons. The van der Waals surface area contributed by atoms with Crippen molar-refractivity contribution >= 4 is 29.1 Å². The second-order valence-electron chi connectivity index (χ2n) is 6.84. The first-order valence-corrected chi connectivity index (χ1v) is 9.07. The summed E-state index contributed by atoms with van der Waals surface area (Å²) < 4.78 is 2.07. The Bertz CT molecular complexity index is 774.